The highest BCUT2D eigenvalue weighted by atomic mass is 79.9. The molecule has 1 aromatic rings. The molecule has 0 spiro atoms. The van der Waals surface area contributed by atoms with E-state index in [1.54, 1.807) is 0 Å². The lowest BCUT2D eigenvalue weighted by Crippen LogP contribution is -2.12. The lowest BCUT2D eigenvalue weighted by Gasteiger charge is -2.12. The number of pyridine rings is 1. The van der Waals surface area contributed by atoms with E-state index in [2.05, 4.69) is 42.3 Å². The van der Waals surface area contributed by atoms with Crippen molar-refractivity contribution in [2.75, 3.05) is 5.43 Å². The van der Waals surface area contributed by atoms with E-state index in [0.29, 0.717) is 11.7 Å². The first-order chi connectivity index (χ1) is 6.54. The Kier molecular flexibility index (Phi) is 4.15. The minimum Gasteiger partial charge on any atom is -0.474 e. The van der Waals surface area contributed by atoms with Gasteiger partial charge in [-0.05, 0) is 51.8 Å². The Morgan fingerprint density at radius 3 is 2.57 bits per heavy atom. The van der Waals surface area contributed by atoms with Gasteiger partial charge in [0.25, 0.3) is 0 Å². The van der Waals surface area contributed by atoms with E-state index in [0.717, 1.165) is 8.95 Å². The van der Waals surface area contributed by atoms with Crippen LogP contribution in [0.4, 0.5) is 5.82 Å². The van der Waals surface area contributed by atoms with Crippen molar-refractivity contribution < 1.29 is 4.74 Å². The summed E-state index contributed by atoms with van der Waals surface area (Å²) in [6.07, 6.45) is 0.0746. The summed E-state index contributed by atoms with van der Waals surface area (Å²) in [5.74, 6) is 6.36. The highest BCUT2D eigenvalue weighted by Crippen LogP contribution is 2.31. The number of ether oxygens (including phenoxy) is 1. The molecule has 0 saturated heterocycles. The minimum absolute atomic E-state index is 0.0746. The number of halogens is 2. The molecule has 0 aliphatic heterocycles. The van der Waals surface area contributed by atoms with Gasteiger partial charge in [-0.3, -0.25) is 0 Å². The fourth-order valence-corrected chi connectivity index (χ4v) is 2.01. The van der Waals surface area contributed by atoms with Crippen LogP contribution in [0, 0.1) is 0 Å². The van der Waals surface area contributed by atoms with Gasteiger partial charge in [-0.2, -0.15) is 4.98 Å². The number of aromatic nitrogens is 1. The normalized spacial score (nSPS) is 10.4. The fraction of sp³-hybridized carbons (Fsp3) is 0.375. The maximum Gasteiger partial charge on any atom is 0.230 e. The van der Waals surface area contributed by atoms with Crippen LogP contribution in [-0.2, 0) is 0 Å². The van der Waals surface area contributed by atoms with Crippen LogP contribution in [0.2, 0.25) is 0 Å². The summed E-state index contributed by atoms with van der Waals surface area (Å²) in [6.45, 7) is 3.87. The monoisotopic (exact) mass is 323 g/mol. The topological polar surface area (TPSA) is 60.2 Å². The number of hydrazine groups is 1. The zero-order valence-electron chi connectivity index (χ0n) is 7.84. The first kappa shape index (κ1) is 11.7. The molecule has 4 nitrogen and oxygen atoms in total. The van der Waals surface area contributed by atoms with Gasteiger partial charge in [0.05, 0.1) is 15.0 Å². The van der Waals surface area contributed by atoms with Crippen LogP contribution in [0.3, 0.4) is 0 Å². The van der Waals surface area contributed by atoms with Gasteiger partial charge in [0.15, 0.2) is 5.82 Å². The summed E-state index contributed by atoms with van der Waals surface area (Å²) in [6, 6.07) is 1.83. The quantitative estimate of drug-likeness (QED) is 0.663. The van der Waals surface area contributed by atoms with Gasteiger partial charge in [-0.25, -0.2) is 5.84 Å². The molecule has 0 aliphatic rings. The Morgan fingerprint density at radius 1 is 1.43 bits per heavy atom. The molecule has 1 aromatic heterocycles. The summed E-state index contributed by atoms with van der Waals surface area (Å²) in [5, 5.41) is 0. The second-order valence-corrected chi connectivity index (χ2v) is 4.63. The molecule has 1 rings (SSSR count). The Bertz CT molecular complexity index is 331. The molecule has 0 aromatic carbocycles. The van der Waals surface area contributed by atoms with Crippen molar-refractivity contribution in [2.24, 2.45) is 5.84 Å². The Morgan fingerprint density at radius 2 is 2.07 bits per heavy atom. The maximum atomic E-state index is 5.47. The van der Waals surface area contributed by atoms with Crippen molar-refractivity contribution in [3.8, 4) is 5.88 Å². The van der Waals surface area contributed by atoms with Crippen LogP contribution in [0.1, 0.15) is 13.8 Å². The van der Waals surface area contributed by atoms with Crippen molar-refractivity contribution in [1.29, 1.82) is 0 Å². The number of hydrogen-bond acceptors (Lipinski definition) is 4. The molecule has 0 saturated carbocycles. The van der Waals surface area contributed by atoms with Crippen molar-refractivity contribution in [3.05, 3.63) is 15.0 Å². The standard InChI is InChI=1S/C8H11Br2N3O/c1-4(2)14-8-6(10)3-5(9)7(12-8)13-11/h3-4H,11H2,1-2H3,(H,12,13). The SMILES string of the molecule is CC(C)Oc1nc(NN)c(Br)cc1Br. The third-order valence-electron chi connectivity index (χ3n) is 1.38. The second kappa shape index (κ2) is 4.95. The molecule has 0 aliphatic carbocycles. The molecule has 0 bridgehead atoms. The van der Waals surface area contributed by atoms with Crippen molar-refractivity contribution >= 4 is 37.7 Å². The number of anilines is 1. The van der Waals surface area contributed by atoms with Crippen LogP contribution in [0.15, 0.2) is 15.0 Å². The van der Waals surface area contributed by atoms with E-state index in [9.17, 15) is 0 Å². The molecule has 14 heavy (non-hydrogen) atoms. The van der Waals surface area contributed by atoms with Crippen LogP contribution in [-0.4, -0.2) is 11.1 Å². The summed E-state index contributed by atoms with van der Waals surface area (Å²) < 4.78 is 7.04. The largest absolute Gasteiger partial charge is 0.474 e. The van der Waals surface area contributed by atoms with E-state index in [-0.39, 0.29) is 6.10 Å². The van der Waals surface area contributed by atoms with E-state index >= 15 is 0 Å². The van der Waals surface area contributed by atoms with Crippen molar-refractivity contribution in [2.45, 2.75) is 20.0 Å². The van der Waals surface area contributed by atoms with Gasteiger partial charge in [0.1, 0.15) is 0 Å². The molecule has 0 amide bonds. The number of rotatable bonds is 3. The molecule has 0 fully saturated rings. The zero-order chi connectivity index (χ0) is 10.7. The smallest absolute Gasteiger partial charge is 0.230 e. The summed E-state index contributed by atoms with van der Waals surface area (Å²) >= 11 is 6.67. The molecule has 3 N–H and O–H groups in total. The molecule has 0 atom stereocenters. The maximum absolute atomic E-state index is 5.47. The predicted molar refractivity (Wildman–Crippen MR) is 63.2 cm³/mol. The lowest BCUT2D eigenvalue weighted by molar-refractivity contribution is 0.231. The fourth-order valence-electron chi connectivity index (χ4n) is 0.857. The highest BCUT2D eigenvalue weighted by Gasteiger charge is 2.09. The molecular formula is C8H11Br2N3O. The first-order valence-electron chi connectivity index (χ1n) is 4.04. The first-order valence-corrected chi connectivity index (χ1v) is 5.62. The van der Waals surface area contributed by atoms with Crippen molar-refractivity contribution in [1.82, 2.24) is 4.98 Å². The summed E-state index contributed by atoms with van der Waals surface area (Å²) in [4.78, 5) is 4.18. The summed E-state index contributed by atoms with van der Waals surface area (Å²) in [7, 11) is 0. The van der Waals surface area contributed by atoms with E-state index < -0.39 is 0 Å². The number of hydrogen-bond donors (Lipinski definition) is 2. The molecule has 1 heterocycles. The number of nitrogens with zero attached hydrogens (tertiary/aromatic N) is 1. The number of nitrogens with one attached hydrogen (secondary N) is 1. The van der Waals surface area contributed by atoms with E-state index in [1.165, 1.54) is 0 Å². The van der Waals surface area contributed by atoms with Crippen LogP contribution < -0.4 is 16.0 Å². The Labute approximate surface area is 99.5 Å². The van der Waals surface area contributed by atoms with Gasteiger partial charge in [0.2, 0.25) is 5.88 Å². The average molecular weight is 325 g/mol. The second-order valence-electron chi connectivity index (χ2n) is 2.92. The predicted octanol–water partition coefficient (Wildman–Crippen LogP) is 2.68. The molecule has 6 heteroatoms. The van der Waals surface area contributed by atoms with E-state index in [1.807, 2.05) is 19.9 Å². The molecule has 78 valence electrons. The van der Waals surface area contributed by atoms with Gasteiger partial charge in [-0.15, -0.1) is 0 Å². The van der Waals surface area contributed by atoms with Crippen LogP contribution in [0.25, 0.3) is 0 Å². The van der Waals surface area contributed by atoms with Crippen LogP contribution in [0.5, 0.6) is 5.88 Å². The lowest BCUT2D eigenvalue weighted by atomic mass is 10.4. The van der Waals surface area contributed by atoms with Crippen LogP contribution >= 0.6 is 31.9 Å². The summed E-state index contributed by atoms with van der Waals surface area (Å²) in [5.41, 5.74) is 2.48. The molecule has 0 radical (unpaired) electrons. The Balaban J connectivity index is 3.04. The van der Waals surface area contributed by atoms with Gasteiger partial charge in [0, 0.05) is 0 Å². The zero-order valence-corrected chi connectivity index (χ0v) is 11.0. The third kappa shape index (κ3) is 2.83. The van der Waals surface area contributed by atoms with E-state index in [4.69, 9.17) is 10.6 Å². The Hall–Kier alpha value is -0.330. The number of nitrogen functional groups attached to an aromatic ring is 1. The molecule has 0 unspecified atom stereocenters. The van der Waals surface area contributed by atoms with Gasteiger partial charge >= 0.3 is 0 Å². The van der Waals surface area contributed by atoms with Gasteiger partial charge in [-0.1, -0.05) is 0 Å². The minimum atomic E-state index is 0.0746. The third-order valence-corrected chi connectivity index (χ3v) is 2.55. The number of nitrogens with two attached hydrogens (primary N) is 1. The van der Waals surface area contributed by atoms with Gasteiger partial charge < -0.3 is 10.2 Å². The highest BCUT2D eigenvalue weighted by molar-refractivity contribution is 9.11. The van der Waals surface area contributed by atoms with Crippen molar-refractivity contribution in [3.63, 3.8) is 0 Å². The average Bonchev–Trinajstić information content (AvgIpc) is 2.09. The molecular weight excluding hydrogens is 314 g/mol.